The first-order valence-electron chi connectivity index (χ1n) is 13.0. The molecule has 2 aromatic carbocycles. The third-order valence-electron chi connectivity index (χ3n) is 7.03. The van der Waals surface area contributed by atoms with Crippen molar-refractivity contribution in [1.82, 2.24) is 19.5 Å². The number of likely N-dealkylation sites (tertiary alicyclic amines) is 1. The fourth-order valence-corrected chi connectivity index (χ4v) is 4.83. The van der Waals surface area contributed by atoms with Crippen molar-refractivity contribution in [3.8, 4) is 34.0 Å². The predicted octanol–water partition coefficient (Wildman–Crippen LogP) is 6.08. The van der Waals surface area contributed by atoms with Gasteiger partial charge in [0, 0.05) is 48.1 Å². The highest BCUT2D eigenvalue weighted by atomic mass is 19.3. The maximum Gasteiger partial charge on any atom is 0.387 e. The number of piperidine rings is 1. The summed E-state index contributed by atoms with van der Waals surface area (Å²) in [6, 6.07) is 15.9. The number of halogens is 2. The molecule has 1 saturated heterocycles. The van der Waals surface area contributed by atoms with Crippen molar-refractivity contribution >= 4 is 11.6 Å². The lowest BCUT2D eigenvalue weighted by Crippen LogP contribution is -2.35. The van der Waals surface area contributed by atoms with E-state index >= 15 is 0 Å². The zero-order valence-corrected chi connectivity index (χ0v) is 20.9. The summed E-state index contributed by atoms with van der Waals surface area (Å²) in [5.74, 6) is 1.01. The quantitative estimate of drug-likeness (QED) is 0.283. The van der Waals surface area contributed by atoms with E-state index in [1.165, 1.54) is 12.1 Å². The number of benzene rings is 2. The molecule has 0 spiro atoms. The molecule has 2 aliphatic rings. The number of carbonyl (C=O) groups excluding carboxylic acids is 1. The van der Waals surface area contributed by atoms with E-state index in [1.54, 1.807) is 16.8 Å². The smallest absolute Gasteiger partial charge is 0.387 e. The summed E-state index contributed by atoms with van der Waals surface area (Å²) in [6.45, 7) is -0.828. The Balaban J connectivity index is 1.35. The first kappa shape index (κ1) is 24.3. The summed E-state index contributed by atoms with van der Waals surface area (Å²) in [5.41, 5.74) is 4.15. The van der Waals surface area contributed by atoms with Gasteiger partial charge in [-0.25, -0.2) is 9.50 Å². The molecule has 9 heteroatoms. The van der Waals surface area contributed by atoms with E-state index in [4.69, 9.17) is 9.84 Å². The Labute approximate surface area is 219 Å². The highest BCUT2D eigenvalue weighted by Gasteiger charge is 2.24. The molecule has 196 valence electrons. The van der Waals surface area contributed by atoms with E-state index in [0.717, 1.165) is 50.8 Å². The van der Waals surface area contributed by atoms with E-state index in [1.807, 2.05) is 41.3 Å². The van der Waals surface area contributed by atoms with Crippen LogP contribution >= 0.6 is 0 Å². The van der Waals surface area contributed by atoms with Gasteiger partial charge < -0.3 is 14.4 Å². The molecule has 1 amide bonds. The van der Waals surface area contributed by atoms with Gasteiger partial charge in [-0.1, -0.05) is 12.1 Å². The van der Waals surface area contributed by atoms with Gasteiger partial charge in [-0.3, -0.25) is 4.79 Å². The topological polar surface area (TPSA) is 69.0 Å². The second-order valence-corrected chi connectivity index (χ2v) is 9.85. The molecule has 1 aliphatic heterocycles. The Morgan fingerprint density at radius 3 is 2.66 bits per heavy atom. The van der Waals surface area contributed by atoms with Gasteiger partial charge in [-0.05, 0) is 68.4 Å². The summed E-state index contributed by atoms with van der Waals surface area (Å²) in [5, 5.41) is 4.81. The van der Waals surface area contributed by atoms with E-state index in [9.17, 15) is 13.6 Å². The van der Waals surface area contributed by atoms with Gasteiger partial charge in [-0.15, -0.1) is 0 Å². The fourth-order valence-electron chi connectivity index (χ4n) is 4.83. The molecule has 1 aliphatic carbocycles. The van der Waals surface area contributed by atoms with E-state index in [2.05, 4.69) is 9.72 Å². The number of hydrogen-bond donors (Lipinski definition) is 0. The first-order chi connectivity index (χ1) is 18.5. The molecule has 1 saturated carbocycles. The number of carbonyl (C=O) groups is 1. The van der Waals surface area contributed by atoms with Crippen LogP contribution in [0.4, 0.5) is 8.78 Å². The molecule has 2 fully saturated rings. The Morgan fingerprint density at radius 2 is 1.87 bits per heavy atom. The van der Waals surface area contributed by atoms with Crippen molar-refractivity contribution in [2.24, 2.45) is 5.92 Å². The van der Waals surface area contributed by atoms with Crippen LogP contribution < -0.4 is 9.47 Å². The fraction of sp³-hybridized carbons (Fsp3) is 0.345. The highest BCUT2D eigenvalue weighted by molar-refractivity contribution is 5.95. The maximum absolute atomic E-state index is 13.1. The minimum atomic E-state index is -2.92. The average Bonchev–Trinajstić information content (AvgIpc) is 3.67. The number of alkyl halides is 2. The lowest BCUT2D eigenvalue weighted by Gasteiger charge is -2.26. The average molecular weight is 519 g/mol. The van der Waals surface area contributed by atoms with Gasteiger partial charge in [0.2, 0.25) is 0 Å². The van der Waals surface area contributed by atoms with Crippen LogP contribution in [0.1, 0.15) is 42.5 Å². The van der Waals surface area contributed by atoms with Gasteiger partial charge in [0.15, 0.2) is 5.65 Å². The van der Waals surface area contributed by atoms with Gasteiger partial charge in [0.1, 0.15) is 11.5 Å². The van der Waals surface area contributed by atoms with Crippen molar-refractivity contribution in [1.29, 1.82) is 0 Å². The second kappa shape index (κ2) is 10.4. The van der Waals surface area contributed by atoms with Crippen LogP contribution in [0.2, 0.25) is 0 Å². The van der Waals surface area contributed by atoms with Gasteiger partial charge >= 0.3 is 6.61 Å². The molecule has 0 bridgehead atoms. The summed E-state index contributed by atoms with van der Waals surface area (Å²) in [6.07, 6.45) is 7.12. The van der Waals surface area contributed by atoms with Crippen molar-refractivity contribution in [3.05, 3.63) is 66.4 Å². The van der Waals surface area contributed by atoms with Crippen LogP contribution in [-0.4, -0.2) is 51.7 Å². The van der Waals surface area contributed by atoms with Crippen LogP contribution in [0, 0.1) is 5.92 Å². The Hall–Kier alpha value is -4.01. The van der Waals surface area contributed by atoms with Gasteiger partial charge in [-0.2, -0.15) is 13.9 Å². The van der Waals surface area contributed by atoms with Gasteiger partial charge in [0.25, 0.3) is 5.91 Å². The molecular weight excluding hydrogens is 490 g/mol. The molecule has 0 unspecified atom stereocenters. The Kier molecular flexibility index (Phi) is 6.66. The molecule has 2 aromatic heterocycles. The van der Waals surface area contributed by atoms with Crippen molar-refractivity contribution in [2.75, 3.05) is 19.7 Å². The summed E-state index contributed by atoms with van der Waals surface area (Å²) >= 11 is 0. The zero-order chi connectivity index (χ0) is 26.1. The zero-order valence-electron chi connectivity index (χ0n) is 20.9. The third-order valence-corrected chi connectivity index (χ3v) is 7.03. The Bertz CT molecular complexity index is 1460. The number of aromatic nitrogens is 3. The number of nitrogens with zero attached hydrogens (tertiary/aromatic N) is 4. The molecule has 4 aromatic rings. The largest absolute Gasteiger partial charge is 0.492 e. The first-order valence-corrected chi connectivity index (χ1v) is 13.0. The van der Waals surface area contributed by atoms with Crippen LogP contribution in [0.25, 0.3) is 28.2 Å². The number of rotatable bonds is 8. The summed E-state index contributed by atoms with van der Waals surface area (Å²) < 4.78 is 38.1. The number of amides is 1. The molecule has 0 N–H and O–H groups in total. The van der Waals surface area contributed by atoms with Crippen molar-refractivity contribution in [3.63, 3.8) is 0 Å². The van der Waals surface area contributed by atoms with Crippen LogP contribution in [0.3, 0.4) is 0 Å². The lowest BCUT2D eigenvalue weighted by molar-refractivity contribution is -0.0499. The number of fused-ring (bicyclic) bond motifs is 1. The number of hydrogen-bond acceptors (Lipinski definition) is 5. The highest BCUT2D eigenvalue weighted by Crippen LogP contribution is 2.37. The maximum atomic E-state index is 13.1. The van der Waals surface area contributed by atoms with E-state index in [0.29, 0.717) is 46.4 Å². The normalized spacial score (nSPS) is 15.7. The summed E-state index contributed by atoms with van der Waals surface area (Å²) in [4.78, 5) is 19.4. The molecule has 38 heavy (non-hydrogen) atoms. The van der Waals surface area contributed by atoms with Crippen LogP contribution in [-0.2, 0) is 0 Å². The lowest BCUT2D eigenvalue weighted by atomic mass is 10.1. The standard InChI is InChI=1S/C29H28F2N4O3/c30-29(31)38-22-9-10-23(26(16-22)37-18-19-7-8-19)25-11-12-32-27-17-24(33-35(25)27)20-5-4-6-21(15-20)28(36)34-13-2-1-3-14-34/h4-6,9-12,15-17,19,29H,1-3,7-8,13-14,18H2. The minimum absolute atomic E-state index is 0.0381. The molecule has 0 atom stereocenters. The SMILES string of the molecule is O=C(c1cccc(-c2cc3nccc(-c4ccc(OC(F)F)cc4OCC4CC4)n3n2)c1)N1CCCCC1. The van der Waals surface area contributed by atoms with Crippen molar-refractivity contribution < 1.29 is 23.0 Å². The molecule has 6 rings (SSSR count). The van der Waals surface area contributed by atoms with Crippen LogP contribution in [0.5, 0.6) is 11.5 Å². The Morgan fingerprint density at radius 1 is 1.03 bits per heavy atom. The minimum Gasteiger partial charge on any atom is -0.492 e. The van der Waals surface area contributed by atoms with Crippen molar-refractivity contribution in [2.45, 2.75) is 38.7 Å². The van der Waals surface area contributed by atoms with Gasteiger partial charge in [0.05, 0.1) is 18.0 Å². The second-order valence-electron chi connectivity index (χ2n) is 9.85. The molecule has 3 heterocycles. The predicted molar refractivity (Wildman–Crippen MR) is 138 cm³/mol. The van der Waals surface area contributed by atoms with E-state index in [-0.39, 0.29) is 11.7 Å². The number of ether oxygens (including phenoxy) is 2. The molecule has 7 nitrogen and oxygen atoms in total. The molecular formula is C29H28F2N4O3. The molecule has 0 radical (unpaired) electrons. The monoisotopic (exact) mass is 518 g/mol. The van der Waals surface area contributed by atoms with E-state index < -0.39 is 6.61 Å². The third kappa shape index (κ3) is 5.18. The summed E-state index contributed by atoms with van der Waals surface area (Å²) in [7, 11) is 0. The van der Waals surface area contributed by atoms with Crippen LogP contribution in [0.15, 0.2) is 60.8 Å².